The maximum absolute atomic E-state index is 13.2. The zero-order chi connectivity index (χ0) is 22.4. The molecule has 1 saturated carbocycles. The minimum Gasteiger partial charge on any atom is -0.355 e. The highest BCUT2D eigenvalue weighted by Gasteiger charge is 2.53. The highest BCUT2D eigenvalue weighted by Crippen LogP contribution is 2.46. The summed E-state index contributed by atoms with van der Waals surface area (Å²) in [5, 5.41) is 10.0. The first kappa shape index (κ1) is 19.7. The van der Waals surface area contributed by atoms with Crippen molar-refractivity contribution < 1.29 is 4.39 Å². The summed E-state index contributed by atoms with van der Waals surface area (Å²) in [4.78, 5) is 11.3. The van der Waals surface area contributed by atoms with Crippen molar-refractivity contribution in [2.75, 3.05) is 36.0 Å². The third-order valence-electron chi connectivity index (χ3n) is 7.85. The Bertz CT molecular complexity index is 1240. The van der Waals surface area contributed by atoms with Crippen LogP contribution in [-0.2, 0) is 13.1 Å². The Morgan fingerprint density at radius 1 is 0.970 bits per heavy atom. The van der Waals surface area contributed by atoms with Crippen LogP contribution in [0.5, 0.6) is 0 Å². The van der Waals surface area contributed by atoms with E-state index in [1.807, 2.05) is 6.07 Å². The largest absolute Gasteiger partial charge is 0.355 e. The van der Waals surface area contributed by atoms with Gasteiger partial charge in [-0.15, -0.1) is 10.2 Å². The molecule has 0 N–H and O–H groups in total. The number of benzene rings is 1. The minimum absolute atomic E-state index is 0.240. The SMILES string of the molecule is CC1(N2Cc3cc(Cl)ccc3-n3c(nnc3N3CC4(CN(c5ccc(F)cn5)C4)C3)C2)CC1. The van der Waals surface area contributed by atoms with E-state index in [4.69, 9.17) is 11.6 Å². The summed E-state index contributed by atoms with van der Waals surface area (Å²) in [7, 11) is 0. The smallest absolute Gasteiger partial charge is 0.231 e. The summed E-state index contributed by atoms with van der Waals surface area (Å²) in [6, 6.07) is 9.38. The number of pyridine rings is 1. The van der Waals surface area contributed by atoms with E-state index in [9.17, 15) is 4.39 Å². The van der Waals surface area contributed by atoms with Crippen LogP contribution in [0, 0.1) is 11.2 Å². The fraction of sp³-hybridized carbons (Fsp3) is 0.458. The molecule has 5 heterocycles. The summed E-state index contributed by atoms with van der Waals surface area (Å²) in [6.45, 7) is 7.74. The van der Waals surface area contributed by atoms with E-state index in [1.54, 1.807) is 6.07 Å². The van der Waals surface area contributed by atoms with Gasteiger partial charge in [0.05, 0.1) is 18.4 Å². The summed E-state index contributed by atoms with van der Waals surface area (Å²) in [5.41, 5.74) is 2.84. The van der Waals surface area contributed by atoms with Crippen molar-refractivity contribution in [3.05, 3.63) is 58.8 Å². The lowest BCUT2D eigenvalue weighted by Gasteiger charge is -2.60. The second-order valence-electron chi connectivity index (χ2n) is 10.4. The number of anilines is 2. The molecule has 2 saturated heterocycles. The zero-order valence-corrected chi connectivity index (χ0v) is 19.3. The van der Waals surface area contributed by atoms with Crippen LogP contribution in [0.3, 0.4) is 0 Å². The van der Waals surface area contributed by atoms with E-state index in [0.29, 0.717) is 0 Å². The number of nitrogens with zero attached hydrogens (tertiary/aromatic N) is 7. The minimum atomic E-state index is -0.299. The molecule has 1 aliphatic carbocycles. The normalized spacial score (nSPS) is 22.3. The van der Waals surface area contributed by atoms with Crippen LogP contribution in [0.25, 0.3) is 5.69 Å². The quantitative estimate of drug-likeness (QED) is 0.588. The average molecular weight is 466 g/mol. The first-order valence-electron chi connectivity index (χ1n) is 11.5. The molecule has 4 aliphatic rings. The monoisotopic (exact) mass is 465 g/mol. The van der Waals surface area contributed by atoms with Crippen LogP contribution >= 0.6 is 11.6 Å². The first-order valence-corrected chi connectivity index (χ1v) is 11.9. The molecule has 3 aliphatic heterocycles. The van der Waals surface area contributed by atoms with Gasteiger partial charge in [0.1, 0.15) is 11.6 Å². The van der Waals surface area contributed by atoms with Crippen LogP contribution in [0.4, 0.5) is 16.2 Å². The molecule has 0 atom stereocenters. The van der Waals surface area contributed by atoms with Gasteiger partial charge in [0, 0.05) is 48.7 Å². The molecule has 0 unspecified atom stereocenters. The van der Waals surface area contributed by atoms with Crippen molar-refractivity contribution >= 4 is 23.4 Å². The van der Waals surface area contributed by atoms with Crippen LogP contribution in [0.1, 0.15) is 31.2 Å². The van der Waals surface area contributed by atoms with Gasteiger partial charge in [0.2, 0.25) is 5.95 Å². The average Bonchev–Trinajstić information content (AvgIpc) is 3.40. The molecule has 7 rings (SSSR count). The topological polar surface area (TPSA) is 53.3 Å². The summed E-state index contributed by atoms with van der Waals surface area (Å²) >= 11 is 6.39. The van der Waals surface area contributed by atoms with Gasteiger partial charge in [-0.25, -0.2) is 9.37 Å². The lowest BCUT2D eigenvalue weighted by molar-refractivity contribution is 0.153. The fourth-order valence-electron chi connectivity index (χ4n) is 5.66. The molecule has 2 aromatic heterocycles. The second-order valence-corrected chi connectivity index (χ2v) is 10.9. The maximum atomic E-state index is 13.2. The lowest BCUT2D eigenvalue weighted by atomic mass is 9.73. The van der Waals surface area contributed by atoms with Crippen molar-refractivity contribution in [2.24, 2.45) is 5.41 Å². The molecular weight excluding hydrogens is 441 g/mol. The number of fused-ring (bicyclic) bond motifs is 3. The van der Waals surface area contributed by atoms with E-state index < -0.39 is 0 Å². The third kappa shape index (κ3) is 3.07. The number of hydrogen-bond donors (Lipinski definition) is 0. The van der Waals surface area contributed by atoms with Gasteiger partial charge in [-0.05, 0) is 55.7 Å². The van der Waals surface area contributed by atoms with Crippen LogP contribution < -0.4 is 9.80 Å². The summed E-state index contributed by atoms with van der Waals surface area (Å²) in [6.07, 6.45) is 3.73. The fourth-order valence-corrected chi connectivity index (χ4v) is 5.85. The Hall–Kier alpha value is -2.71. The molecule has 9 heteroatoms. The van der Waals surface area contributed by atoms with E-state index in [-0.39, 0.29) is 16.8 Å². The van der Waals surface area contributed by atoms with Gasteiger partial charge in [0.15, 0.2) is 5.82 Å². The Labute approximate surface area is 196 Å². The maximum Gasteiger partial charge on any atom is 0.231 e. The van der Waals surface area contributed by atoms with E-state index >= 15 is 0 Å². The number of hydrogen-bond acceptors (Lipinski definition) is 6. The van der Waals surface area contributed by atoms with Crippen molar-refractivity contribution in [1.29, 1.82) is 0 Å². The highest BCUT2D eigenvalue weighted by atomic mass is 35.5. The Balaban J connectivity index is 1.15. The van der Waals surface area contributed by atoms with Crippen molar-refractivity contribution in [3.8, 4) is 5.69 Å². The predicted octanol–water partition coefficient (Wildman–Crippen LogP) is 3.65. The molecule has 7 nitrogen and oxygen atoms in total. The molecule has 3 fully saturated rings. The summed E-state index contributed by atoms with van der Waals surface area (Å²) < 4.78 is 15.4. The van der Waals surface area contributed by atoms with Crippen molar-refractivity contribution in [3.63, 3.8) is 0 Å². The van der Waals surface area contributed by atoms with E-state index in [1.165, 1.54) is 30.7 Å². The van der Waals surface area contributed by atoms with Gasteiger partial charge in [-0.3, -0.25) is 9.47 Å². The number of aromatic nitrogens is 4. The van der Waals surface area contributed by atoms with Crippen LogP contribution in [0.15, 0.2) is 36.5 Å². The Kier molecular flexibility index (Phi) is 3.99. The van der Waals surface area contributed by atoms with E-state index in [2.05, 4.69) is 53.5 Å². The summed E-state index contributed by atoms with van der Waals surface area (Å²) in [5.74, 6) is 2.45. The molecule has 0 radical (unpaired) electrons. The Morgan fingerprint density at radius 2 is 1.76 bits per heavy atom. The molecule has 170 valence electrons. The molecule has 1 aromatic carbocycles. The van der Waals surface area contributed by atoms with Gasteiger partial charge in [0.25, 0.3) is 0 Å². The standard InChI is InChI=1S/C24H25ClFN7/c1-23(6-7-23)32-10-16-8-17(25)2-4-19(16)33-21(11-32)28-29-22(33)31-14-24(15-31)12-30(13-24)20-5-3-18(26)9-27-20/h2-5,8-9H,6-7,10-15H2,1H3. The van der Waals surface area contributed by atoms with Gasteiger partial charge in [-0.2, -0.15) is 0 Å². The number of rotatable bonds is 3. The molecular formula is C24H25ClFN7. The number of halogens is 2. The molecule has 33 heavy (non-hydrogen) atoms. The van der Waals surface area contributed by atoms with E-state index in [0.717, 1.165) is 67.6 Å². The molecule has 0 bridgehead atoms. The second kappa shape index (κ2) is 6.67. The van der Waals surface area contributed by atoms with Crippen LogP contribution in [-0.4, -0.2) is 56.4 Å². The zero-order valence-electron chi connectivity index (χ0n) is 18.5. The molecule has 1 spiro atoms. The van der Waals surface area contributed by atoms with Crippen molar-refractivity contribution in [1.82, 2.24) is 24.6 Å². The van der Waals surface area contributed by atoms with Crippen LogP contribution in [0.2, 0.25) is 5.02 Å². The lowest BCUT2D eigenvalue weighted by Crippen LogP contribution is -2.73. The first-order chi connectivity index (χ1) is 15.9. The molecule has 3 aromatic rings. The third-order valence-corrected chi connectivity index (χ3v) is 8.08. The van der Waals surface area contributed by atoms with Gasteiger partial charge in [-0.1, -0.05) is 11.6 Å². The highest BCUT2D eigenvalue weighted by molar-refractivity contribution is 6.30. The predicted molar refractivity (Wildman–Crippen MR) is 124 cm³/mol. The van der Waals surface area contributed by atoms with Gasteiger partial charge >= 0.3 is 0 Å². The Morgan fingerprint density at radius 3 is 2.48 bits per heavy atom. The van der Waals surface area contributed by atoms with Gasteiger partial charge < -0.3 is 9.80 Å². The van der Waals surface area contributed by atoms with Crippen molar-refractivity contribution in [2.45, 2.75) is 38.4 Å². The molecule has 0 amide bonds.